The first-order valence-corrected chi connectivity index (χ1v) is 12.2. The minimum Gasteiger partial charge on any atom is -0.462 e. The van der Waals surface area contributed by atoms with Crippen LogP contribution in [0.1, 0.15) is 22.8 Å². The topological polar surface area (TPSA) is 77.0 Å². The summed E-state index contributed by atoms with van der Waals surface area (Å²) < 4.78 is 5.14. The summed E-state index contributed by atoms with van der Waals surface area (Å²) in [5, 5.41) is 6.90. The molecule has 0 aliphatic carbocycles. The van der Waals surface area contributed by atoms with Gasteiger partial charge in [0.1, 0.15) is 16.4 Å². The molecule has 0 aliphatic heterocycles. The van der Waals surface area contributed by atoms with Crippen LogP contribution in [0, 0.1) is 0 Å². The Morgan fingerprint density at radius 2 is 1.91 bits per heavy atom. The van der Waals surface area contributed by atoms with Gasteiger partial charge in [0.2, 0.25) is 0 Å². The molecule has 0 saturated carbocycles. The molecule has 0 unspecified atom stereocenters. The van der Waals surface area contributed by atoms with Crippen molar-refractivity contribution in [2.24, 2.45) is 0 Å². The molecule has 1 N–H and O–H groups in total. The second-order valence-electron chi connectivity index (χ2n) is 6.80. The van der Waals surface area contributed by atoms with Gasteiger partial charge in [-0.15, -0.1) is 11.3 Å². The fourth-order valence-electron chi connectivity index (χ4n) is 3.10. The first-order chi connectivity index (χ1) is 15.7. The number of nitrogens with one attached hydrogen (secondary N) is 1. The number of rotatable bonds is 8. The van der Waals surface area contributed by atoms with Gasteiger partial charge in [0.25, 0.3) is 0 Å². The Bertz CT molecular complexity index is 1210. The Hall–Kier alpha value is -3.23. The molecule has 162 valence electrons. The highest BCUT2D eigenvalue weighted by atomic mass is 32.2. The van der Waals surface area contributed by atoms with Gasteiger partial charge in [-0.2, -0.15) is 0 Å². The molecule has 0 spiro atoms. The highest BCUT2D eigenvalue weighted by Gasteiger charge is 2.16. The van der Waals surface area contributed by atoms with Crippen LogP contribution in [0.4, 0.5) is 5.82 Å². The first kappa shape index (κ1) is 22.0. The van der Waals surface area contributed by atoms with E-state index in [-0.39, 0.29) is 0 Å². The third-order valence-corrected chi connectivity index (χ3v) is 6.11. The fraction of sp³-hybridized carbons (Fsp3) is 0.167. The molecule has 4 rings (SSSR count). The van der Waals surface area contributed by atoms with Crippen molar-refractivity contribution in [3.05, 3.63) is 77.3 Å². The van der Waals surface area contributed by atoms with E-state index in [9.17, 15) is 4.79 Å². The Kier molecular flexibility index (Phi) is 7.14. The second-order valence-corrected chi connectivity index (χ2v) is 8.43. The van der Waals surface area contributed by atoms with Gasteiger partial charge in [0.15, 0.2) is 5.16 Å². The van der Waals surface area contributed by atoms with Gasteiger partial charge in [-0.05, 0) is 24.8 Å². The van der Waals surface area contributed by atoms with Crippen LogP contribution in [0.5, 0.6) is 0 Å². The SMILES string of the molecule is CCOC(=O)c1cnc(SC)nc1NCc1cccc(-c2nc(-c3ccccc3)cs2)c1. The van der Waals surface area contributed by atoms with E-state index >= 15 is 0 Å². The van der Waals surface area contributed by atoms with Gasteiger partial charge in [0, 0.05) is 29.2 Å². The maximum atomic E-state index is 12.3. The number of carbonyl (C=O) groups is 1. The number of benzene rings is 2. The first-order valence-electron chi connectivity index (χ1n) is 10.1. The van der Waals surface area contributed by atoms with E-state index in [1.54, 1.807) is 18.3 Å². The van der Waals surface area contributed by atoms with Crippen LogP contribution in [0.15, 0.2) is 71.3 Å². The van der Waals surface area contributed by atoms with Gasteiger partial charge in [-0.3, -0.25) is 0 Å². The maximum Gasteiger partial charge on any atom is 0.343 e. The minimum absolute atomic E-state index is 0.295. The highest BCUT2D eigenvalue weighted by molar-refractivity contribution is 7.98. The van der Waals surface area contributed by atoms with Gasteiger partial charge < -0.3 is 10.1 Å². The van der Waals surface area contributed by atoms with Gasteiger partial charge in [-0.25, -0.2) is 19.7 Å². The van der Waals surface area contributed by atoms with Crippen molar-refractivity contribution in [2.75, 3.05) is 18.2 Å². The monoisotopic (exact) mass is 462 g/mol. The van der Waals surface area contributed by atoms with Gasteiger partial charge >= 0.3 is 5.97 Å². The van der Waals surface area contributed by atoms with Crippen LogP contribution in [0.3, 0.4) is 0 Å². The minimum atomic E-state index is -0.437. The summed E-state index contributed by atoms with van der Waals surface area (Å²) >= 11 is 3.04. The van der Waals surface area contributed by atoms with Gasteiger partial charge in [0.05, 0.1) is 12.3 Å². The number of thioether (sulfide) groups is 1. The second kappa shape index (κ2) is 10.4. The molecule has 0 radical (unpaired) electrons. The van der Waals surface area contributed by atoms with Crippen molar-refractivity contribution in [1.29, 1.82) is 0 Å². The Morgan fingerprint density at radius 3 is 2.69 bits per heavy atom. The quantitative estimate of drug-likeness (QED) is 0.202. The summed E-state index contributed by atoms with van der Waals surface area (Å²) in [5.74, 6) is 0.0291. The summed E-state index contributed by atoms with van der Waals surface area (Å²) in [6.45, 7) is 2.57. The van der Waals surface area contributed by atoms with Crippen LogP contribution < -0.4 is 5.32 Å². The fourth-order valence-corrected chi connectivity index (χ4v) is 4.27. The average molecular weight is 463 g/mol. The average Bonchev–Trinajstić information content (AvgIpc) is 3.34. The number of carbonyl (C=O) groups excluding carboxylic acids is 1. The van der Waals surface area contributed by atoms with Crippen LogP contribution in [-0.4, -0.2) is 33.8 Å². The van der Waals surface area contributed by atoms with E-state index < -0.39 is 5.97 Å². The molecular formula is C24H22N4O2S2. The van der Waals surface area contributed by atoms with E-state index in [1.807, 2.05) is 36.6 Å². The molecular weight excluding hydrogens is 440 g/mol. The van der Waals surface area contributed by atoms with Crippen LogP contribution in [-0.2, 0) is 11.3 Å². The Balaban J connectivity index is 1.53. The smallest absolute Gasteiger partial charge is 0.343 e. The Labute approximate surface area is 195 Å². The van der Waals surface area contributed by atoms with Crippen molar-refractivity contribution in [1.82, 2.24) is 15.0 Å². The lowest BCUT2D eigenvalue weighted by atomic mass is 10.1. The third-order valence-electron chi connectivity index (χ3n) is 4.65. The van der Waals surface area contributed by atoms with Crippen LogP contribution >= 0.6 is 23.1 Å². The lowest BCUT2D eigenvalue weighted by molar-refractivity contribution is 0.0526. The standard InChI is InChI=1S/C24H22N4O2S2/c1-3-30-23(29)19-14-26-24(31-2)28-21(19)25-13-16-8-7-11-18(12-16)22-27-20(15-32-22)17-9-5-4-6-10-17/h4-12,14-15H,3,13H2,1-2H3,(H,25,26,28). The molecule has 4 aromatic rings. The van der Waals surface area contributed by atoms with E-state index in [0.717, 1.165) is 27.4 Å². The van der Waals surface area contributed by atoms with Crippen molar-refractivity contribution >= 4 is 34.9 Å². The van der Waals surface area contributed by atoms with Crippen molar-refractivity contribution in [3.63, 3.8) is 0 Å². The number of anilines is 1. The highest BCUT2D eigenvalue weighted by Crippen LogP contribution is 2.29. The molecule has 0 atom stereocenters. The number of hydrogen-bond acceptors (Lipinski definition) is 8. The number of thiazole rings is 1. The molecule has 2 aromatic heterocycles. The molecule has 0 amide bonds. The third kappa shape index (κ3) is 5.15. The number of hydrogen-bond donors (Lipinski definition) is 1. The molecule has 8 heteroatoms. The zero-order chi connectivity index (χ0) is 22.3. The summed E-state index contributed by atoms with van der Waals surface area (Å²) in [6, 6.07) is 18.3. The van der Waals surface area contributed by atoms with E-state index in [1.165, 1.54) is 18.0 Å². The molecule has 0 fully saturated rings. The van der Waals surface area contributed by atoms with E-state index in [2.05, 4.69) is 44.9 Å². The van der Waals surface area contributed by atoms with Crippen molar-refractivity contribution in [3.8, 4) is 21.8 Å². The summed E-state index contributed by atoms with van der Waals surface area (Å²) in [6.07, 6.45) is 3.40. The number of ether oxygens (including phenoxy) is 1. The molecule has 0 bridgehead atoms. The summed E-state index contributed by atoms with van der Waals surface area (Å²) in [5.41, 5.74) is 4.51. The van der Waals surface area contributed by atoms with Crippen LogP contribution in [0.25, 0.3) is 21.8 Å². The Morgan fingerprint density at radius 1 is 1.09 bits per heavy atom. The molecule has 0 saturated heterocycles. The normalized spacial score (nSPS) is 10.7. The van der Waals surface area contributed by atoms with E-state index in [0.29, 0.717) is 29.7 Å². The van der Waals surface area contributed by atoms with Gasteiger partial charge in [-0.1, -0.05) is 60.3 Å². The number of nitrogens with zero attached hydrogens (tertiary/aromatic N) is 3. The summed E-state index contributed by atoms with van der Waals surface area (Å²) in [7, 11) is 0. The predicted octanol–water partition coefficient (Wildman–Crippen LogP) is 5.78. The molecule has 2 heterocycles. The molecule has 32 heavy (non-hydrogen) atoms. The number of esters is 1. The molecule has 2 aromatic carbocycles. The maximum absolute atomic E-state index is 12.3. The predicted molar refractivity (Wildman–Crippen MR) is 130 cm³/mol. The largest absolute Gasteiger partial charge is 0.462 e. The number of aromatic nitrogens is 3. The van der Waals surface area contributed by atoms with Crippen molar-refractivity contribution in [2.45, 2.75) is 18.6 Å². The molecule has 6 nitrogen and oxygen atoms in total. The van der Waals surface area contributed by atoms with Crippen LogP contribution in [0.2, 0.25) is 0 Å². The zero-order valence-electron chi connectivity index (χ0n) is 17.7. The summed E-state index contributed by atoms with van der Waals surface area (Å²) in [4.78, 5) is 25.7. The molecule has 0 aliphatic rings. The van der Waals surface area contributed by atoms with Crippen molar-refractivity contribution < 1.29 is 9.53 Å². The lowest BCUT2D eigenvalue weighted by Gasteiger charge is -2.11. The van der Waals surface area contributed by atoms with E-state index in [4.69, 9.17) is 9.72 Å². The zero-order valence-corrected chi connectivity index (χ0v) is 19.4. The lowest BCUT2D eigenvalue weighted by Crippen LogP contribution is -2.12.